The first-order chi connectivity index (χ1) is 8.54. The SMILES string of the molecule is CCCCOCCNc1ccc(C(C)(C)C)cc1. The summed E-state index contributed by atoms with van der Waals surface area (Å²) >= 11 is 0. The zero-order chi connectivity index (χ0) is 13.4. The molecule has 1 N–H and O–H groups in total. The standard InChI is InChI=1S/C16H27NO/c1-5-6-12-18-13-11-17-15-9-7-14(8-10-15)16(2,3)4/h7-10,17H,5-6,11-13H2,1-4H3. The molecule has 0 aliphatic rings. The summed E-state index contributed by atoms with van der Waals surface area (Å²) in [6.07, 6.45) is 2.35. The summed E-state index contributed by atoms with van der Waals surface area (Å²) in [6.45, 7) is 11.4. The third-order valence-electron chi connectivity index (χ3n) is 2.97. The molecular formula is C16H27NO. The third-order valence-corrected chi connectivity index (χ3v) is 2.97. The van der Waals surface area contributed by atoms with Crippen LogP contribution in [0.1, 0.15) is 46.1 Å². The summed E-state index contributed by atoms with van der Waals surface area (Å²) in [6, 6.07) is 8.68. The van der Waals surface area contributed by atoms with Crippen molar-refractivity contribution in [3.05, 3.63) is 29.8 Å². The highest BCUT2D eigenvalue weighted by Crippen LogP contribution is 2.23. The third kappa shape index (κ3) is 5.54. The van der Waals surface area contributed by atoms with Gasteiger partial charge in [0.25, 0.3) is 0 Å². The van der Waals surface area contributed by atoms with Crippen LogP contribution in [0.2, 0.25) is 0 Å². The van der Waals surface area contributed by atoms with Crippen LogP contribution < -0.4 is 5.32 Å². The number of rotatable bonds is 7. The molecule has 0 radical (unpaired) electrons. The molecule has 0 bridgehead atoms. The lowest BCUT2D eigenvalue weighted by Crippen LogP contribution is -2.12. The largest absolute Gasteiger partial charge is 0.383 e. The number of ether oxygens (including phenoxy) is 1. The number of hydrogen-bond donors (Lipinski definition) is 1. The Kier molecular flexibility index (Phi) is 6.20. The van der Waals surface area contributed by atoms with E-state index in [1.54, 1.807) is 0 Å². The highest BCUT2D eigenvalue weighted by molar-refractivity contribution is 5.45. The molecule has 1 aromatic carbocycles. The molecule has 0 unspecified atom stereocenters. The minimum atomic E-state index is 0.224. The normalized spacial score (nSPS) is 11.6. The van der Waals surface area contributed by atoms with Crippen LogP contribution in [0, 0.1) is 0 Å². The molecule has 1 rings (SSSR count). The van der Waals surface area contributed by atoms with Gasteiger partial charge < -0.3 is 10.1 Å². The van der Waals surface area contributed by atoms with Crippen molar-refractivity contribution in [3.63, 3.8) is 0 Å². The van der Waals surface area contributed by atoms with Gasteiger partial charge in [-0.05, 0) is 29.5 Å². The Morgan fingerprint density at radius 1 is 1.06 bits per heavy atom. The molecule has 0 atom stereocenters. The van der Waals surface area contributed by atoms with Gasteiger partial charge in [0.1, 0.15) is 0 Å². The maximum atomic E-state index is 5.51. The fourth-order valence-corrected chi connectivity index (χ4v) is 1.70. The van der Waals surface area contributed by atoms with Crippen LogP contribution in [0.4, 0.5) is 5.69 Å². The van der Waals surface area contributed by atoms with E-state index >= 15 is 0 Å². The van der Waals surface area contributed by atoms with E-state index in [9.17, 15) is 0 Å². The molecule has 18 heavy (non-hydrogen) atoms. The van der Waals surface area contributed by atoms with Gasteiger partial charge >= 0.3 is 0 Å². The summed E-state index contributed by atoms with van der Waals surface area (Å²) in [5.41, 5.74) is 2.76. The van der Waals surface area contributed by atoms with Crippen LogP contribution in [0.3, 0.4) is 0 Å². The zero-order valence-electron chi connectivity index (χ0n) is 12.3. The van der Waals surface area contributed by atoms with Crippen molar-refractivity contribution < 1.29 is 4.74 Å². The Balaban J connectivity index is 2.27. The van der Waals surface area contributed by atoms with Crippen LogP contribution >= 0.6 is 0 Å². The second-order valence-electron chi connectivity index (χ2n) is 5.72. The lowest BCUT2D eigenvalue weighted by atomic mass is 9.87. The van der Waals surface area contributed by atoms with Gasteiger partial charge in [-0.15, -0.1) is 0 Å². The Morgan fingerprint density at radius 3 is 2.28 bits per heavy atom. The first-order valence-corrected chi connectivity index (χ1v) is 6.96. The first-order valence-electron chi connectivity index (χ1n) is 6.96. The van der Waals surface area contributed by atoms with Crippen LogP contribution in [0.5, 0.6) is 0 Å². The van der Waals surface area contributed by atoms with E-state index in [4.69, 9.17) is 4.74 Å². The zero-order valence-corrected chi connectivity index (χ0v) is 12.3. The highest BCUT2D eigenvalue weighted by atomic mass is 16.5. The molecule has 0 saturated heterocycles. The Hall–Kier alpha value is -1.02. The Labute approximate surface area is 112 Å². The second kappa shape index (κ2) is 7.42. The summed E-state index contributed by atoms with van der Waals surface area (Å²) in [5, 5.41) is 3.38. The van der Waals surface area contributed by atoms with Gasteiger partial charge in [0.05, 0.1) is 6.61 Å². The number of hydrogen-bond acceptors (Lipinski definition) is 2. The number of anilines is 1. The predicted octanol–water partition coefficient (Wildman–Crippen LogP) is 4.21. The summed E-state index contributed by atoms with van der Waals surface area (Å²) in [4.78, 5) is 0. The van der Waals surface area contributed by atoms with Gasteiger partial charge in [-0.1, -0.05) is 46.2 Å². The minimum absolute atomic E-state index is 0.224. The van der Waals surface area contributed by atoms with Crippen molar-refractivity contribution in [2.75, 3.05) is 25.1 Å². The first kappa shape index (κ1) is 15.0. The summed E-state index contributed by atoms with van der Waals surface area (Å²) in [5.74, 6) is 0. The van der Waals surface area contributed by atoms with Gasteiger partial charge in [-0.3, -0.25) is 0 Å². The molecule has 2 heteroatoms. The van der Waals surface area contributed by atoms with Gasteiger partial charge in [0.2, 0.25) is 0 Å². The highest BCUT2D eigenvalue weighted by Gasteiger charge is 2.12. The molecule has 0 aromatic heterocycles. The molecule has 0 aliphatic carbocycles. The van der Waals surface area contributed by atoms with E-state index in [-0.39, 0.29) is 5.41 Å². The number of nitrogens with one attached hydrogen (secondary N) is 1. The van der Waals surface area contributed by atoms with E-state index in [2.05, 4.69) is 57.3 Å². The van der Waals surface area contributed by atoms with Crippen LogP contribution in [0.25, 0.3) is 0 Å². The lowest BCUT2D eigenvalue weighted by molar-refractivity contribution is 0.141. The predicted molar refractivity (Wildman–Crippen MR) is 79.4 cm³/mol. The molecule has 0 aliphatic heterocycles. The Bertz CT molecular complexity index is 324. The maximum Gasteiger partial charge on any atom is 0.0639 e. The van der Waals surface area contributed by atoms with Crippen molar-refractivity contribution >= 4 is 5.69 Å². The Morgan fingerprint density at radius 2 is 1.72 bits per heavy atom. The van der Waals surface area contributed by atoms with E-state index in [0.717, 1.165) is 26.2 Å². The van der Waals surface area contributed by atoms with Crippen molar-refractivity contribution in [3.8, 4) is 0 Å². The van der Waals surface area contributed by atoms with Crippen LogP contribution in [0.15, 0.2) is 24.3 Å². The molecule has 0 saturated carbocycles. The van der Waals surface area contributed by atoms with Crippen molar-refractivity contribution in [2.45, 2.75) is 46.0 Å². The lowest BCUT2D eigenvalue weighted by Gasteiger charge is -2.19. The topological polar surface area (TPSA) is 21.3 Å². The molecule has 1 aromatic rings. The quantitative estimate of drug-likeness (QED) is 0.731. The van der Waals surface area contributed by atoms with Gasteiger partial charge in [-0.25, -0.2) is 0 Å². The van der Waals surface area contributed by atoms with Crippen LogP contribution in [-0.2, 0) is 10.2 Å². The minimum Gasteiger partial charge on any atom is -0.383 e. The summed E-state index contributed by atoms with van der Waals surface area (Å²) < 4.78 is 5.51. The molecule has 2 nitrogen and oxygen atoms in total. The average Bonchev–Trinajstić information content (AvgIpc) is 2.33. The average molecular weight is 249 g/mol. The van der Waals surface area contributed by atoms with Crippen molar-refractivity contribution in [1.29, 1.82) is 0 Å². The molecule has 0 fully saturated rings. The van der Waals surface area contributed by atoms with Gasteiger partial charge in [0.15, 0.2) is 0 Å². The van der Waals surface area contributed by atoms with E-state index in [1.165, 1.54) is 17.7 Å². The fraction of sp³-hybridized carbons (Fsp3) is 0.625. The smallest absolute Gasteiger partial charge is 0.0639 e. The second-order valence-corrected chi connectivity index (χ2v) is 5.72. The molecule has 0 amide bonds. The summed E-state index contributed by atoms with van der Waals surface area (Å²) in [7, 11) is 0. The molecule has 0 spiro atoms. The van der Waals surface area contributed by atoms with Crippen molar-refractivity contribution in [2.24, 2.45) is 0 Å². The molecule has 102 valence electrons. The fourth-order valence-electron chi connectivity index (χ4n) is 1.70. The van der Waals surface area contributed by atoms with E-state index in [1.807, 2.05) is 0 Å². The maximum absolute atomic E-state index is 5.51. The van der Waals surface area contributed by atoms with Crippen LogP contribution in [-0.4, -0.2) is 19.8 Å². The van der Waals surface area contributed by atoms with Gasteiger partial charge in [0, 0.05) is 18.8 Å². The van der Waals surface area contributed by atoms with E-state index in [0.29, 0.717) is 0 Å². The number of unbranched alkanes of at least 4 members (excludes halogenated alkanes) is 1. The molecule has 0 heterocycles. The molecular weight excluding hydrogens is 222 g/mol. The van der Waals surface area contributed by atoms with Crippen molar-refractivity contribution in [1.82, 2.24) is 0 Å². The van der Waals surface area contributed by atoms with Gasteiger partial charge in [-0.2, -0.15) is 0 Å². The number of benzene rings is 1. The van der Waals surface area contributed by atoms with E-state index < -0.39 is 0 Å². The monoisotopic (exact) mass is 249 g/mol.